The Labute approximate surface area is 104 Å². The molecule has 1 aliphatic rings. The number of carboxylic acid groups (broad SMARTS) is 1. The van der Waals surface area contributed by atoms with Gasteiger partial charge in [0.2, 0.25) is 0 Å². The predicted octanol–water partition coefficient (Wildman–Crippen LogP) is 1.56. The van der Waals surface area contributed by atoms with Crippen LogP contribution in [0.1, 0.15) is 39.5 Å². The summed E-state index contributed by atoms with van der Waals surface area (Å²) in [5.41, 5.74) is -0.822. The molecular formula is C13H26N2O2. The van der Waals surface area contributed by atoms with Crippen molar-refractivity contribution in [3.05, 3.63) is 0 Å². The van der Waals surface area contributed by atoms with Crippen LogP contribution in [0.2, 0.25) is 0 Å². The summed E-state index contributed by atoms with van der Waals surface area (Å²) in [6.45, 7) is 6.66. The van der Waals surface area contributed by atoms with Crippen LogP contribution < -0.4 is 5.32 Å². The highest BCUT2D eigenvalue weighted by molar-refractivity contribution is 5.78. The second kappa shape index (κ2) is 6.36. The summed E-state index contributed by atoms with van der Waals surface area (Å²) < 4.78 is 0. The minimum Gasteiger partial charge on any atom is -0.480 e. The van der Waals surface area contributed by atoms with E-state index in [9.17, 15) is 9.90 Å². The summed E-state index contributed by atoms with van der Waals surface area (Å²) in [5.74, 6) is 0.0811. The van der Waals surface area contributed by atoms with Crippen molar-refractivity contribution in [1.82, 2.24) is 10.2 Å². The third-order valence-electron chi connectivity index (χ3n) is 3.97. The Morgan fingerprint density at radius 3 is 2.47 bits per heavy atom. The number of carboxylic acids is 1. The molecule has 0 spiro atoms. The molecule has 1 rings (SSSR count). The predicted molar refractivity (Wildman–Crippen MR) is 69.2 cm³/mol. The van der Waals surface area contributed by atoms with Gasteiger partial charge in [0.05, 0.1) is 0 Å². The third-order valence-corrected chi connectivity index (χ3v) is 3.97. The molecule has 100 valence electrons. The minimum absolute atomic E-state index is 0.595. The summed E-state index contributed by atoms with van der Waals surface area (Å²) in [6.07, 6.45) is 5.00. The van der Waals surface area contributed by atoms with Gasteiger partial charge in [-0.15, -0.1) is 0 Å². The number of likely N-dealkylation sites (N-methyl/N-ethyl adjacent to an activating group) is 1. The van der Waals surface area contributed by atoms with Crippen molar-refractivity contribution in [2.24, 2.45) is 5.92 Å². The Morgan fingerprint density at radius 2 is 2.06 bits per heavy atom. The number of carbonyl (C=O) groups is 1. The van der Waals surface area contributed by atoms with Crippen molar-refractivity contribution < 1.29 is 9.90 Å². The van der Waals surface area contributed by atoms with Crippen LogP contribution in [0, 0.1) is 5.92 Å². The first-order valence-corrected chi connectivity index (χ1v) is 6.66. The molecule has 1 unspecified atom stereocenters. The molecule has 1 saturated heterocycles. The monoisotopic (exact) mass is 242 g/mol. The number of aliphatic carboxylic acids is 1. The quantitative estimate of drug-likeness (QED) is 0.742. The van der Waals surface area contributed by atoms with Gasteiger partial charge in [0.15, 0.2) is 0 Å². The van der Waals surface area contributed by atoms with Gasteiger partial charge >= 0.3 is 5.97 Å². The Kier molecular flexibility index (Phi) is 5.40. The van der Waals surface area contributed by atoms with E-state index in [0.29, 0.717) is 6.54 Å². The zero-order valence-electron chi connectivity index (χ0n) is 11.3. The molecule has 0 radical (unpaired) electrons. The lowest BCUT2D eigenvalue weighted by molar-refractivity contribution is -0.144. The lowest BCUT2D eigenvalue weighted by atomic mass is 9.91. The van der Waals surface area contributed by atoms with Crippen LogP contribution in [0.4, 0.5) is 0 Å². The van der Waals surface area contributed by atoms with Crippen LogP contribution in [0.15, 0.2) is 0 Å². The molecule has 4 nitrogen and oxygen atoms in total. The van der Waals surface area contributed by atoms with Crippen molar-refractivity contribution in [3.8, 4) is 0 Å². The van der Waals surface area contributed by atoms with E-state index in [1.54, 1.807) is 14.0 Å². The van der Waals surface area contributed by atoms with Gasteiger partial charge in [-0.3, -0.25) is 4.79 Å². The fourth-order valence-electron chi connectivity index (χ4n) is 2.54. The number of nitrogens with zero attached hydrogens (tertiary/aromatic N) is 1. The maximum absolute atomic E-state index is 11.2. The van der Waals surface area contributed by atoms with E-state index < -0.39 is 11.5 Å². The lowest BCUT2D eigenvalue weighted by Crippen LogP contribution is -2.56. The Morgan fingerprint density at radius 1 is 1.47 bits per heavy atom. The van der Waals surface area contributed by atoms with Crippen molar-refractivity contribution in [2.75, 3.05) is 26.7 Å². The fourth-order valence-corrected chi connectivity index (χ4v) is 2.54. The lowest BCUT2D eigenvalue weighted by Gasteiger charge is -2.36. The molecule has 0 bridgehead atoms. The first-order valence-electron chi connectivity index (χ1n) is 6.66. The summed E-state index contributed by atoms with van der Waals surface area (Å²) >= 11 is 0. The van der Waals surface area contributed by atoms with Crippen LogP contribution >= 0.6 is 0 Å². The summed E-state index contributed by atoms with van der Waals surface area (Å²) in [4.78, 5) is 13.5. The topological polar surface area (TPSA) is 52.6 Å². The highest BCUT2D eigenvalue weighted by atomic mass is 16.4. The van der Waals surface area contributed by atoms with Crippen molar-refractivity contribution in [2.45, 2.75) is 45.1 Å². The van der Waals surface area contributed by atoms with Gasteiger partial charge in [-0.05, 0) is 45.8 Å². The van der Waals surface area contributed by atoms with Crippen LogP contribution in [-0.4, -0.2) is 48.2 Å². The molecule has 1 atom stereocenters. The van der Waals surface area contributed by atoms with Crippen LogP contribution in [-0.2, 0) is 4.79 Å². The van der Waals surface area contributed by atoms with Gasteiger partial charge in [0.25, 0.3) is 0 Å². The Bertz CT molecular complexity index is 250. The molecule has 2 N–H and O–H groups in total. The molecule has 1 aliphatic heterocycles. The molecule has 0 saturated carbocycles. The van der Waals surface area contributed by atoms with E-state index >= 15 is 0 Å². The highest BCUT2D eigenvalue weighted by Crippen LogP contribution is 2.22. The SMILES string of the molecule is CCCC1CCN(CC(C)(NC)C(=O)O)CC1. The van der Waals surface area contributed by atoms with Crippen LogP contribution in [0.25, 0.3) is 0 Å². The van der Waals surface area contributed by atoms with E-state index in [2.05, 4.69) is 17.1 Å². The summed E-state index contributed by atoms with van der Waals surface area (Å²) in [7, 11) is 1.72. The smallest absolute Gasteiger partial charge is 0.324 e. The van der Waals surface area contributed by atoms with Gasteiger partial charge in [0.1, 0.15) is 5.54 Å². The maximum Gasteiger partial charge on any atom is 0.324 e. The van der Waals surface area contributed by atoms with Gasteiger partial charge in [-0.1, -0.05) is 19.8 Å². The van der Waals surface area contributed by atoms with E-state index in [0.717, 1.165) is 19.0 Å². The van der Waals surface area contributed by atoms with Crippen molar-refractivity contribution in [1.29, 1.82) is 0 Å². The average Bonchev–Trinajstić information content (AvgIpc) is 2.31. The second-order valence-electron chi connectivity index (χ2n) is 5.40. The molecule has 1 fully saturated rings. The number of rotatable bonds is 6. The molecule has 0 aromatic heterocycles. The molecule has 0 aromatic rings. The molecular weight excluding hydrogens is 216 g/mol. The minimum atomic E-state index is -0.822. The summed E-state index contributed by atoms with van der Waals surface area (Å²) in [5, 5.41) is 12.1. The molecule has 0 aliphatic carbocycles. The largest absolute Gasteiger partial charge is 0.480 e. The standard InChI is InChI=1S/C13H26N2O2/c1-4-5-11-6-8-15(9-7-11)10-13(2,14-3)12(16)17/h11,14H,4-10H2,1-3H3,(H,16,17). The van der Waals surface area contributed by atoms with Gasteiger partial charge in [-0.2, -0.15) is 0 Å². The third kappa shape index (κ3) is 3.96. The number of hydrogen-bond donors (Lipinski definition) is 2. The highest BCUT2D eigenvalue weighted by Gasteiger charge is 2.34. The van der Waals surface area contributed by atoms with Crippen molar-refractivity contribution in [3.63, 3.8) is 0 Å². The van der Waals surface area contributed by atoms with Crippen molar-refractivity contribution >= 4 is 5.97 Å². The number of likely N-dealkylation sites (tertiary alicyclic amines) is 1. The molecule has 17 heavy (non-hydrogen) atoms. The molecule has 4 heteroatoms. The van der Waals surface area contributed by atoms with Crippen LogP contribution in [0.3, 0.4) is 0 Å². The zero-order valence-corrected chi connectivity index (χ0v) is 11.3. The molecule has 0 amide bonds. The Hall–Kier alpha value is -0.610. The Balaban J connectivity index is 2.42. The number of nitrogens with one attached hydrogen (secondary N) is 1. The first-order chi connectivity index (χ1) is 8.01. The second-order valence-corrected chi connectivity index (χ2v) is 5.40. The van der Waals surface area contributed by atoms with E-state index in [-0.39, 0.29) is 0 Å². The van der Waals surface area contributed by atoms with Gasteiger partial charge < -0.3 is 15.3 Å². The maximum atomic E-state index is 11.2. The van der Waals surface area contributed by atoms with E-state index in [1.165, 1.54) is 25.7 Å². The van der Waals surface area contributed by atoms with Crippen LogP contribution in [0.5, 0.6) is 0 Å². The average molecular weight is 242 g/mol. The van der Waals surface area contributed by atoms with Gasteiger partial charge in [-0.25, -0.2) is 0 Å². The summed E-state index contributed by atoms with van der Waals surface area (Å²) in [6, 6.07) is 0. The first kappa shape index (κ1) is 14.5. The number of hydrogen-bond acceptors (Lipinski definition) is 3. The normalized spacial score (nSPS) is 22.3. The van der Waals surface area contributed by atoms with E-state index in [1.807, 2.05) is 0 Å². The van der Waals surface area contributed by atoms with Gasteiger partial charge in [0, 0.05) is 6.54 Å². The molecule has 0 aromatic carbocycles. The fraction of sp³-hybridized carbons (Fsp3) is 0.923. The molecule has 1 heterocycles. The number of piperidine rings is 1. The zero-order chi connectivity index (χ0) is 12.9. The van der Waals surface area contributed by atoms with E-state index in [4.69, 9.17) is 0 Å².